The third kappa shape index (κ3) is 8.10. The molecule has 1 aromatic rings. The van der Waals surface area contributed by atoms with Crippen LogP contribution in [-0.2, 0) is 4.79 Å². The number of anilines is 1. The molecule has 1 aliphatic carbocycles. The Labute approximate surface area is 152 Å². The van der Waals surface area contributed by atoms with Gasteiger partial charge in [0.1, 0.15) is 5.75 Å². The summed E-state index contributed by atoms with van der Waals surface area (Å²) in [7, 11) is 0. The molecule has 0 atom stereocenters. The average Bonchev–Trinajstić information content (AvgIpc) is 2.62. The van der Waals surface area contributed by atoms with Gasteiger partial charge in [-0.1, -0.05) is 25.5 Å². The zero-order valence-electron chi connectivity index (χ0n) is 15.6. The lowest BCUT2D eigenvalue weighted by Crippen LogP contribution is -2.30. The molecular weight excluding hydrogens is 312 g/mol. The minimum Gasteiger partial charge on any atom is -0.494 e. The number of hydrogen-bond acceptors (Lipinski definition) is 3. The van der Waals surface area contributed by atoms with Crippen molar-refractivity contribution in [2.75, 3.05) is 25.0 Å². The normalized spacial score (nSPS) is 14.1. The molecule has 138 valence electrons. The van der Waals surface area contributed by atoms with Crippen LogP contribution in [0.25, 0.3) is 0 Å². The fourth-order valence-electron chi connectivity index (χ4n) is 2.82. The number of carbonyl (C=O) groups excluding carboxylic acids is 1. The van der Waals surface area contributed by atoms with Gasteiger partial charge in [-0.25, -0.2) is 0 Å². The summed E-state index contributed by atoms with van der Waals surface area (Å²) in [5, 5.41) is 6.14. The molecule has 0 aromatic heterocycles. The van der Waals surface area contributed by atoms with Crippen LogP contribution in [0.15, 0.2) is 35.9 Å². The molecule has 0 saturated carbocycles. The number of allylic oxidation sites excluding steroid dienone is 1. The molecule has 4 nitrogen and oxygen atoms in total. The van der Waals surface area contributed by atoms with Crippen LogP contribution in [0.1, 0.15) is 52.4 Å². The lowest BCUT2D eigenvalue weighted by atomic mass is 9.97. The van der Waals surface area contributed by atoms with Crippen LogP contribution in [0.2, 0.25) is 0 Å². The largest absolute Gasteiger partial charge is 0.494 e. The molecule has 0 unspecified atom stereocenters. The van der Waals surface area contributed by atoms with Crippen LogP contribution in [0.3, 0.4) is 0 Å². The van der Waals surface area contributed by atoms with Crippen LogP contribution in [0.4, 0.5) is 5.69 Å². The van der Waals surface area contributed by atoms with Gasteiger partial charge in [0.2, 0.25) is 5.91 Å². The van der Waals surface area contributed by atoms with E-state index in [4.69, 9.17) is 4.74 Å². The monoisotopic (exact) mass is 344 g/mol. The maximum Gasteiger partial charge on any atom is 0.239 e. The van der Waals surface area contributed by atoms with E-state index in [1.807, 2.05) is 24.3 Å². The number of benzene rings is 1. The molecule has 4 heteroatoms. The highest BCUT2D eigenvalue weighted by Crippen LogP contribution is 2.19. The third-order valence-electron chi connectivity index (χ3n) is 4.42. The van der Waals surface area contributed by atoms with Crippen molar-refractivity contribution in [1.82, 2.24) is 5.32 Å². The van der Waals surface area contributed by atoms with Gasteiger partial charge in [-0.05, 0) is 68.7 Å². The van der Waals surface area contributed by atoms with E-state index in [1.165, 1.54) is 31.3 Å². The molecule has 0 bridgehead atoms. The second-order valence-corrected chi connectivity index (χ2v) is 7.12. The highest BCUT2D eigenvalue weighted by atomic mass is 16.5. The highest BCUT2D eigenvalue weighted by Gasteiger charge is 2.05. The predicted molar refractivity (Wildman–Crippen MR) is 104 cm³/mol. The maximum atomic E-state index is 11.9. The van der Waals surface area contributed by atoms with Crippen LogP contribution >= 0.6 is 0 Å². The van der Waals surface area contributed by atoms with E-state index in [0.717, 1.165) is 37.4 Å². The number of amides is 1. The molecule has 1 amide bonds. The quantitative estimate of drug-likeness (QED) is 0.613. The molecule has 0 heterocycles. The Morgan fingerprint density at radius 1 is 1.20 bits per heavy atom. The van der Waals surface area contributed by atoms with Gasteiger partial charge in [-0.2, -0.15) is 0 Å². The van der Waals surface area contributed by atoms with Gasteiger partial charge >= 0.3 is 0 Å². The maximum absolute atomic E-state index is 11.9. The summed E-state index contributed by atoms with van der Waals surface area (Å²) in [5.41, 5.74) is 2.42. The lowest BCUT2D eigenvalue weighted by Gasteiger charge is -2.13. The molecule has 25 heavy (non-hydrogen) atoms. The van der Waals surface area contributed by atoms with Crippen molar-refractivity contribution in [3.8, 4) is 5.75 Å². The van der Waals surface area contributed by atoms with Crippen LogP contribution < -0.4 is 15.4 Å². The molecular formula is C21H32N2O2. The summed E-state index contributed by atoms with van der Waals surface area (Å²) in [6.45, 7) is 6.14. The molecule has 1 aliphatic rings. The Morgan fingerprint density at radius 2 is 2.00 bits per heavy atom. The van der Waals surface area contributed by atoms with Gasteiger partial charge in [0, 0.05) is 12.2 Å². The topological polar surface area (TPSA) is 50.4 Å². The molecule has 0 spiro atoms. The van der Waals surface area contributed by atoms with Crippen molar-refractivity contribution in [1.29, 1.82) is 0 Å². The van der Waals surface area contributed by atoms with Gasteiger partial charge in [-0.3, -0.25) is 4.79 Å². The first-order valence-corrected chi connectivity index (χ1v) is 9.55. The minimum absolute atomic E-state index is 0.0358. The second kappa shape index (κ2) is 10.8. The van der Waals surface area contributed by atoms with E-state index in [2.05, 4.69) is 30.6 Å². The SMILES string of the molecule is CC(C)CCOc1ccc(NCC(=O)NCCC2=CCCCC2)cc1. The molecule has 0 aliphatic heterocycles. The van der Waals surface area contributed by atoms with E-state index < -0.39 is 0 Å². The fourth-order valence-corrected chi connectivity index (χ4v) is 2.82. The van der Waals surface area contributed by atoms with Crippen LogP contribution in [0, 0.1) is 5.92 Å². The first-order valence-electron chi connectivity index (χ1n) is 9.55. The Kier molecular flexibility index (Phi) is 8.36. The number of carbonyl (C=O) groups is 1. The standard InChI is InChI=1S/C21H32N2O2/c1-17(2)13-15-25-20-10-8-19(9-11-20)23-16-21(24)22-14-12-18-6-4-3-5-7-18/h6,8-11,17,23H,3-5,7,12-16H2,1-2H3,(H,22,24). The molecule has 2 N–H and O–H groups in total. The molecule has 0 fully saturated rings. The highest BCUT2D eigenvalue weighted by molar-refractivity contribution is 5.80. The van der Waals surface area contributed by atoms with Crippen molar-refractivity contribution in [2.24, 2.45) is 5.92 Å². The first kappa shape index (κ1) is 19.4. The van der Waals surface area contributed by atoms with Gasteiger partial charge in [0.25, 0.3) is 0 Å². The fraction of sp³-hybridized carbons (Fsp3) is 0.571. The zero-order chi connectivity index (χ0) is 17.9. The molecule has 1 aromatic carbocycles. The van der Waals surface area contributed by atoms with Gasteiger partial charge in [-0.15, -0.1) is 0 Å². The summed E-state index contributed by atoms with van der Waals surface area (Å²) in [5.74, 6) is 1.55. The van der Waals surface area contributed by atoms with Crippen LogP contribution in [-0.4, -0.2) is 25.6 Å². The summed E-state index contributed by atoms with van der Waals surface area (Å²) < 4.78 is 5.70. The van der Waals surface area contributed by atoms with E-state index in [1.54, 1.807) is 0 Å². The lowest BCUT2D eigenvalue weighted by molar-refractivity contribution is -0.119. The van der Waals surface area contributed by atoms with Crippen molar-refractivity contribution < 1.29 is 9.53 Å². The third-order valence-corrected chi connectivity index (χ3v) is 4.42. The summed E-state index contributed by atoms with van der Waals surface area (Å²) >= 11 is 0. The molecule has 2 rings (SSSR count). The van der Waals surface area contributed by atoms with Gasteiger partial charge in [0.05, 0.1) is 13.2 Å². The van der Waals surface area contributed by atoms with Crippen molar-refractivity contribution in [2.45, 2.75) is 52.4 Å². The number of hydrogen-bond donors (Lipinski definition) is 2. The smallest absolute Gasteiger partial charge is 0.239 e. The Balaban J connectivity index is 1.61. The Morgan fingerprint density at radius 3 is 2.68 bits per heavy atom. The summed E-state index contributed by atoms with van der Waals surface area (Å²) in [4.78, 5) is 11.9. The number of nitrogens with one attached hydrogen (secondary N) is 2. The summed E-state index contributed by atoms with van der Waals surface area (Å²) in [6, 6.07) is 7.78. The average molecular weight is 344 g/mol. The molecule has 0 radical (unpaired) electrons. The van der Waals surface area contributed by atoms with Crippen molar-refractivity contribution in [3.05, 3.63) is 35.9 Å². The van der Waals surface area contributed by atoms with Gasteiger partial charge < -0.3 is 15.4 Å². The van der Waals surface area contributed by atoms with Gasteiger partial charge in [0.15, 0.2) is 0 Å². The van der Waals surface area contributed by atoms with Crippen molar-refractivity contribution in [3.63, 3.8) is 0 Å². The first-order chi connectivity index (χ1) is 12.1. The van der Waals surface area contributed by atoms with Crippen molar-refractivity contribution >= 4 is 11.6 Å². The number of rotatable bonds is 10. The number of ether oxygens (including phenoxy) is 1. The minimum atomic E-state index is 0.0358. The Bertz CT molecular complexity index is 550. The second-order valence-electron chi connectivity index (χ2n) is 7.12. The Hall–Kier alpha value is -1.97. The zero-order valence-corrected chi connectivity index (χ0v) is 15.6. The van der Waals surface area contributed by atoms with E-state index >= 15 is 0 Å². The predicted octanol–water partition coefficient (Wildman–Crippen LogP) is 4.53. The van der Waals surface area contributed by atoms with E-state index in [9.17, 15) is 4.79 Å². The molecule has 0 saturated heterocycles. The van der Waals surface area contributed by atoms with E-state index in [0.29, 0.717) is 12.5 Å². The van der Waals surface area contributed by atoms with E-state index in [-0.39, 0.29) is 5.91 Å². The van der Waals surface area contributed by atoms with Crippen LogP contribution in [0.5, 0.6) is 5.75 Å². The summed E-state index contributed by atoms with van der Waals surface area (Å²) in [6.07, 6.45) is 9.35.